The smallest absolute Gasteiger partial charge is 0.326 e. The molecule has 0 saturated carbocycles. The third-order valence-corrected chi connectivity index (χ3v) is 5.22. The molecule has 0 spiro atoms. The molecule has 0 atom stereocenters. The lowest BCUT2D eigenvalue weighted by atomic mass is 10.0. The fourth-order valence-corrected chi connectivity index (χ4v) is 3.85. The van der Waals surface area contributed by atoms with Crippen molar-refractivity contribution in [2.75, 3.05) is 13.1 Å². The molecule has 0 radical (unpaired) electrons. The Morgan fingerprint density at radius 1 is 1.15 bits per heavy atom. The van der Waals surface area contributed by atoms with Crippen LogP contribution < -0.4 is 5.69 Å². The minimum Gasteiger partial charge on any atom is -0.338 e. The van der Waals surface area contributed by atoms with Crippen molar-refractivity contribution in [2.45, 2.75) is 18.9 Å². The Labute approximate surface area is 154 Å². The molecular formula is C19H17ClFN3O2. The maximum absolute atomic E-state index is 13.2. The highest BCUT2D eigenvalue weighted by molar-refractivity contribution is 6.33. The highest BCUT2D eigenvalue weighted by atomic mass is 35.5. The van der Waals surface area contributed by atoms with Crippen LogP contribution in [-0.2, 0) is 0 Å². The van der Waals surface area contributed by atoms with Crippen LogP contribution in [0.1, 0.15) is 29.2 Å². The van der Waals surface area contributed by atoms with E-state index in [9.17, 15) is 14.0 Å². The van der Waals surface area contributed by atoms with Crippen molar-refractivity contribution in [1.82, 2.24) is 14.5 Å². The summed E-state index contributed by atoms with van der Waals surface area (Å²) in [5.41, 5.74) is 1.87. The number of imidazole rings is 1. The summed E-state index contributed by atoms with van der Waals surface area (Å²) in [4.78, 5) is 29.5. The van der Waals surface area contributed by atoms with Crippen LogP contribution in [0.5, 0.6) is 0 Å². The summed E-state index contributed by atoms with van der Waals surface area (Å²) in [6.07, 6.45) is 1.35. The lowest BCUT2D eigenvalue weighted by molar-refractivity contribution is 0.0695. The van der Waals surface area contributed by atoms with Gasteiger partial charge in [-0.2, -0.15) is 0 Å². The van der Waals surface area contributed by atoms with Crippen molar-refractivity contribution >= 4 is 28.5 Å². The topological polar surface area (TPSA) is 58.1 Å². The number of para-hydroxylation sites is 2. The van der Waals surface area contributed by atoms with Crippen molar-refractivity contribution < 1.29 is 9.18 Å². The summed E-state index contributed by atoms with van der Waals surface area (Å²) in [5.74, 6) is -0.677. The zero-order chi connectivity index (χ0) is 18.3. The lowest BCUT2D eigenvalue weighted by Crippen LogP contribution is -2.40. The molecule has 2 heterocycles. The van der Waals surface area contributed by atoms with Crippen LogP contribution in [0.15, 0.2) is 47.3 Å². The van der Waals surface area contributed by atoms with Gasteiger partial charge in [-0.1, -0.05) is 23.7 Å². The molecule has 4 rings (SSSR count). The molecule has 1 fully saturated rings. The molecule has 1 aromatic heterocycles. The van der Waals surface area contributed by atoms with E-state index in [1.54, 1.807) is 9.47 Å². The Kier molecular flexibility index (Phi) is 4.28. The number of halogens is 2. The van der Waals surface area contributed by atoms with Gasteiger partial charge in [-0.05, 0) is 43.2 Å². The minimum absolute atomic E-state index is 0.0337. The van der Waals surface area contributed by atoms with E-state index >= 15 is 0 Å². The number of nitrogens with one attached hydrogen (secondary N) is 1. The standard InChI is InChI=1S/C19H17ClFN3O2/c20-15-11-12(21)5-6-14(15)18(25)23-9-7-13(8-10-23)24-17-4-2-1-3-16(17)22-19(24)26/h1-6,11,13H,7-10H2,(H,22,26). The number of aromatic amines is 1. The number of hydrogen-bond acceptors (Lipinski definition) is 2. The average Bonchev–Trinajstić information content (AvgIpc) is 2.97. The van der Waals surface area contributed by atoms with Crippen LogP contribution in [-0.4, -0.2) is 33.4 Å². The van der Waals surface area contributed by atoms with E-state index in [2.05, 4.69) is 4.98 Å². The normalized spacial score (nSPS) is 15.5. The fourth-order valence-electron chi connectivity index (χ4n) is 3.60. The monoisotopic (exact) mass is 373 g/mol. The molecule has 2 aromatic carbocycles. The Hall–Kier alpha value is -2.60. The zero-order valence-corrected chi connectivity index (χ0v) is 14.7. The summed E-state index contributed by atoms with van der Waals surface area (Å²) in [7, 11) is 0. The first-order valence-electron chi connectivity index (χ1n) is 8.48. The van der Waals surface area contributed by atoms with Crippen molar-refractivity contribution in [2.24, 2.45) is 0 Å². The quantitative estimate of drug-likeness (QED) is 0.746. The lowest BCUT2D eigenvalue weighted by Gasteiger charge is -2.32. The predicted molar refractivity (Wildman–Crippen MR) is 98.1 cm³/mol. The van der Waals surface area contributed by atoms with Gasteiger partial charge in [0.25, 0.3) is 5.91 Å². The van der Waals surface area contributed by atoms with E-state index in [0.29, 0.717) is 31.5 Å². The SMILES string of the molecule is O=C(c1ccc(F)cc1Cl)N1CCC(n2c(=O)[nH]c3ccccc32)CC1. The van der Waals surface area contributed by atoms with E-state index in [0.717, 1.165) is 17.1 Å². The van der Waals surface area contributed by atoms with Gasteiger partial charge in [0, 0.05) is 19.1 Å². The van der Waals surface area contributed by atoms with E-state index in [4.69, 9.17) is 11.6 Å². The molecule has 0 unspecified atom stereocenters. The Morgan fingerprint density at radius 3 is 2.62 bits per heavy atom. The van der Waals surface area contributed by atoms with Crippen LogP contribution in [0.2, 0.25) is 5.02 Å². The van der Waals surface area contributed by atoms with Crippen LogP contribution in [0.3, 0.4) is 0 Å². The van der Waals surface area contributed by atoms with Gasteiger partial charge in [0.2, 0.25) is 0 Å². The summed E-state index contributed by atoms with van der Waals surface area (Å²) >= 11 is 6.00. The molecule has 5 nitrogen and oxygen atoms in total. The maximum atomic E-state index is 13.2. The number of aromatic nitrogens is 2. The summed E-state index contributed by atoms with van der Waals surface area (Å²) in [6.45, 7) is 1.03. The Balaban J connectivity index is 1.53. The maximum Gasteiger partial charge on any atom is 0.326 e. The minimum atomic E-state index is -0.469. The summed E-state index contributed by atoms with van der Waals surface area (Å²) < 4.78 is 15.0. The molecule has 1 aliphatic rings. The van der Waals surface area contributed by atoms with E-state index in [-0.39, 0.29) is 22.7 Å². The molecule has 7 heteroatoms. The first kappa shape index (κ1) is 16.8. The number of rotatable bonds is 2. The molecule has 26 heavy (non-hydrogen) atoms. The van der Waals surface area contributed by atoms with Gasteiger partial charge in [0.05, 0.1) is 21.6 Å². The fraction of sp³-hybridized carbons (Fsp3) is 0.263. The van der Waals surface area contributed by atoms with E-state index in [1.807, 2.05) is 24.3 Å². The number of H-pyrrole nitrogens is 1. The second-order valence-electron chi connectivity index (χ2n) is 6.46. The first-order chi connectivity index (χ1) is 12.5. The molecule has 134 valence electrons. The number of piperidine rings is 1. The van der Waals surface area contributed by atoms with Gasteiger partial charge >= 0.3 is 5.69 Å². The number of nitrogens with zero attached hydrogens (tertiary/aromatic N) is 2. The number of hydrogen-bond donors (Lipinski definition) is 1. The number of benzene rings is 2. The second kappa shape index (κ2) is 6.61. The number of amides is 1. The van der Waals surface area contributed by atoms with Gasteiger partial charge in [0.1, 0.15) is 5.82 Å². The summed E-state index contributed by atoms with van der Waals surface area (Å²) in [6, 6.07) is 11.4. The van der Waals surface area contributed by atoms with Gasteiger partial charge in [-0.15, -0.1) is 0 Å². The van der Waals surface area contributed by atoms with Gasteiger partial charge < -0.3 is 9.88 Å². The molecular weight excluding hydrogens is 357 g/mol. The van der Waals surface area contributed by atoms with E-state index in [1.165, 1.54) is 12.1 Å². The molecule has 1 saturated heterocycles. The van der Waals surface area contributed by atoms with Crippen LogP contribution in [0, 0.1) is 5.82 Å². The molecule has 1 aliphatic heterocycles. The average molecular weight is 374 g/mol. The van der Waals surface area contributed by atoms with Crippen LogP contribution >= 0.6 is 11.6 Å². The number of carbonyl (C=O) groups excluding carboxylic acids is 1. The third kappa shape index (κ3) is 2.90. The molecule has 1 N–H and O–H groups in total. The molecule has 0 aliphatic carbocycles. The van der Waals surface area contributed by atoms with Crippen molar-refractivity contribution in [3.8, 4) is 0 Å². The highest BCUT2D eigenvalue weighted by Crippen LogP contribution is 2.27. The van der Waals surface area contributed by atoms with Gasteiger partial charge in [-0.3, -0.25) is 9.36 Å². The zero-order valence-electron chi connectivity index (χ0n) is 13.9. The van der Waals surface area contributed by atoms with Gasteiger partial charge in [0.15, 0.2) is 0 Å². The second-order valence-corrected chi connectivity index (χ2v) is 6.87. The number of carbonyl (C=O) groups is 1. The Morgan fingerprint density at radius 2 is 1.88 bits per heavy atom. The van der Waals surface area contributed by atoms with Crippen LogP contribution in [0.4, 0.5) is 4.39 Å². The van der Waals surface area contributed by atoms with Crippen LogP contribution in [0.25, 0.3) is 11.0 Å². The predicted octanol–water partition coefficient (Wildman–Crippen LogP) is 3.60. The van der Waals surface area contributed by atoms with Crippen molar-refractivity contribution in [1.29, 1.82) is 0 Å². The molecule has 3 aromatic rings. The third-order valence-electron chi connectivity index (χ3n) is 4.90. The van der Waals surface area contributed by atoms with Gasteiger partial charge in [-0.25, -0.2) is 9.18 Å². The summed E-state index contributed by atoms with van der Waals surface area (Å²) in [5, 5.41) is 0.116. The first-order valence-corrected chi connectivity index (χ1v) is 8.86. The molecule has 0 bridgehead atoms. The Bertz CT molecular complexity index is 1030. The van der Waals surface area contributed by atoms with Crippen molar-refractivity contribution in [3.05, 3.63) is 69.4 Å². The van der Waals surface area contributed by atoms with Crippen molar-refractivity contribution in [3.63, 3.8) is 0 Å². The number of fused-ring (bicyclic) bond motifs is 1. The van der Waals surface area contributed by atoms with E-state index < -0.39 is 5.82 Å². The molecule has 1 amide bonds. The highest BCUT2D eigenvalue weighted by Gasteiger charge is 2.27. The largest absolute Gasteiger partial charge is 0.338 e. The number of likely N-dealkylation sites (tertiary alicyclic amines) is 1.